The summed E-state index contributed by atoms with van der Waals surface area (Å²) < 4.78 is 28.6. The van der Waals surface area contributed by atoms with Crippen LogP contribution in [0.4, 0.5) is 15.8 Å². The van der Waals surface area contributed by atoms with Gasteiger partial charge in [-0.15, -0.1) is 0 Å². The summed E-state index contributed by atoms with van der Waals surface area (Å²) in [7, 11) is 2.90. The van der Waals surface area contributed by atoms with E-state index in [9.17, 15) is 18.8 Å². The molecule has 0 bridgehead atoms. The molecule has 3 aromatic carbocycles. The SMILES string of the molecule is COc1ccc(OC)c(NC(=O)C(=O)N/N=C\c2ccc(OCC(=O)Nc3ccc(F)cc3)cc2)c1. The lowest BCUT2D eigenvalue weighted by atomic mass is 10.2. The van der Waals surface area contributed by atoms with E-state index in [1.54, 1.807) is 36.4 Å². The van der Waals surface area contributed by atoms with Crippen molar-refractivity contribution in [3.8, 4) is 17.2 Å². The number of methoxy groups -OCH3 is 2. The maximum Gasteiger partial charge on any atom is 0.329 e. The van der Waals surface area contributed by atoms with Crippen LogP contribution in [0.1, 0.15) is 5.56 Å². The highest BCUT2D eigenvalue weighted by Crippen LogP contribution is 2.28. The minimum Gasteiger partial charge on any atom is -0.497 e. The first-order valence-electron chi connectivity index (χ1n) is 10.5. The first-order chi connectivity index (χ1) is 17.4. The zero-order chi connectivity index (χ0) is 25.9. The number of anilines is 2. The molecule has 0 saturated heterocycles. The van der Waals surface area contributed by atoms with Crippen LogP contribution in [0.3, 0.4) is 0 Å². The number of rotatable bonds is 9. The van der Waals surface area contributed by atoms with Gasteiger partial charge >= 0.3 is 11.8 Å². The molecule has 11 heteroatoms. The third-order valence-electron chi connectivity index (χ3n) is 4.62. The van der Waals surface area contributed by atoms with Gasteiger partial charge in [-0.05, 0) is 66.2 Å². The Morgan fingerprint density at radius 3 is 2.22 bits per heavy atom. The van der Waals surface area contributed by atoms with Crippen molar-refractivity contribution in [3.05, 3.63) is 78.1 Å². The van der Waals surface area contributed by atoms with Crippen molar-refractivity contribution in [2.24, 2.45) is 5.10 Å². The van der Waals surface area contributed by atoms with E-state index in [0.29, 0.717) is 28.5 Å². The van der Waals surface area contributed by atoms with Crippen LogP contribution in [0.5, 0.6) is 17.2 Å². The molecule has 0 fully saturated rings. The van der Waals surface area contributed by atoms with E-state index < -0.39 is 23.5 Å². The minimum atomic E-state index is -0.983. The molecule has 0 aliphatic rings. The van der Waals surface area contributed by atoms with Gasteiger partial charge in [-0.1, -0.05) is 0 Å². The highest BCUT2D eigenvalue weighted by molar-refractivity contribution is 6.39. The van der Waals surface area contributed by atoms with Crippen molar-refractivity contribution in [1.29, 1.82) is 0 Å². The maximum atomic E-state index is 12.9. The van der Waals surface area contributed by atoms with Gasteiger partial charge in [-0.25, -0.2) is 9.82 Å². The van der Waals surface area contributed by atoms with E-state index in [1.807, 2.05) is 0 Å². The molecule has 0 spiro atoms. The Labute approximate surface area is 206 Å². The summed E-state index contributed by atoms with van der Waals surface area (Å²) >= 11 is 0. The Kier molecular flexibility index (Phi) is 8.93. The average molecular weight is 494 g/mol. The summed E-state index contributed by atoms with van der Waals surface area (Å²) in [5, 5.41) is 8.79. The number of benzene rings is 3. The summed E-state index contributed by atoms with van der Waals surface area (Å²) in [6, 6.07) is 16.6. The van der Waals surface area contributed by atoms with Crippen molar-refractivity contribution in [2.75, 3.05) is 31.5 Å². The second-order valence-corrected chi connectivity index (χ2v) is 7.13. The lowest BCUT2D eigenvalue weighted by Gasteiger charge is -2.11. The van der Waals surface area contributed by atoms with Crippen LogP contribution < -0.4 is 30.3 Å². The third kappa shape index (κ3) is 7.55. The first kappa shape index (κ1) is 25.7. The number of halogens is 1. The molecule has 0 saturated carbocycles. The fraction of sp³-hybridized carbons (Fsp3) is 0.120. The molecule has 36 heavy (non-hydrogen) atoms. The van der Waals surface area contributed by atoms with Crippen LogP contribution >= 0.6 is 0 Å². The summed E-state index contributed by atoms with van der Waals surface area (Å²) in [5.74, 6) is -1.47. The third-order valence-corrected chi connectivity index (χ3v) is 4.62. The van der Waals surface area contributed by atoms with Gasteiger partial charge in [-0.2, -0.15) is 5.10 Å². The van der Waals surface area contributed by atoms with Crippen LogP contribution in [0.15, 0.2) is 71.8 Å². The highest BCUT2D eigenvalue weighted by Gasteiger charge is 2.16. The molecule has 0 aliphatic heterocycles. The summed E-state index contributed by atoms with van der Waals surface area (Å²) in [6.07, 6.45) is 1.34. The van der Waals surface area contributed by atoms with E-state index in [4.69, 9.17) is 14.2 Å². The Hall–Kier alpha value is -4.93. The number of carbonyl (C=O) groups is 3. The highest BCUT2D eigenvalue weighted by atomic mass is 19.1. The Morgan fingerprint density at radius 1 is 0.861 bits per heavy atom. The molecule has 3 N–H and O–H groups in total. The fourth-order valence-electron chi connectivity index (χ4n) is 2.84. The number of nitrogens with one attached hydrogen (secondary N) is 3. The van der Waals surface area contributed by atoms with Gasteiger partial charge in [0, 0.05) is 11.8 Å². The van der Waals surface area contributed by atoms with Gasteiger partial charge in [0.15, 0.2) is 6.61 Å². The number of ether oxygens (including phenoxy) is 3. The number of hydrazone groups is 1. The Bertz CT molecular complexity index is 1250. The zero-order valence-corrected chi connectivity index (χ0v) is 19.4. The predicted octanol–water partition coefficient (Wildman–Crippen LogP) is 2.95. The zero-order valence-electron chi connectivity index (χ0n) is 19.4. The first-order valence-corrected chi connectivity index (χ1v) is 10.5. The number of carbonyl (C=O) groups excluding carboxylic acids is 3. The number of amides is 3. The fourth-order valence-corrected chi connectivity index (χ4v) is 2.84. The molecule has 0 aliphatic carbocycles. The molecule has 0 heterocycles. The van der Waals surface area contributed by atoms with E-state index in [-0.39, 0.29) is 12.3 Å². The van der Waals surface area contributed by atoms with Crippen molar-refractivity contribution in [3.63, 3.8) is 0 Å². The molecular formula is C25H23FN4O6. The van der Waals surface area contributed by atoms with Gasteiger partial charge < -0.3 is 24.8 Å². The summed E-state index contributed by atoms with van der Waals surface area (Å²) in [6.45, 7) is -0.242. The van der Waals surface area contributed by atoms with E-state index in [1.165, 1.54) is 50.8 Å². The quantitative estimate of drug-likeness (QED) is 0.239. The maximum absolute atomic E-state index is 12.9. The Balaban J connectivity index is 1.46. The molecule has 10 nitrogen and oxygen atoms in total. The second-order valence-electron chi connectivity index (χ2n) is 7.13. The number of hydrogen-bond acceptors (Lipinski definition) is 7. The molecular weight excluding hydrogens is 471 g/mol. The number of hydrogen-bond donors (Lipinski definition) is 3. The second kappa shape index (κ2) is 12.5. The van der Waals surface area contributed by atoms with Crippen LogP contribution in [-0.4, -0.2) is 44.8 Å². The van der Waals surface area contributed by atoms with E-state index >= 15 is 0 Å². The largest absolute Gasteiger partial charge is 0.497 e. The van der Waals surface area contributed by atoms with Gasteiger partial charge in [0.05, 0.1) is 26.1 Å². The summed E-state index contributed by atoms with van der Waals surface area (Å²) in [5.41, 5.74) is 3.46. The lowest BCUT2D eigenvalue weighted by molar-refractivity contribution is -0.136. The van der Waals surface area contributed by atoms with Crippen LogP contribution in [-0.2, 0) is 14.4 Å². The average Bonchev–Trinajstić information content (AvgIpc) is 2.89. The van der Waals surface area contributed by atoms with Gasteiger partial charge in [0.2, 0.25) is 0 Å². The van der Waals surface area contributed by atoms with Crippen LogP contribution in [0.2, 0.25) is 0 Å². The molecule has 0 radical (unpaired) electrons. The Morgan fingerprint density at radius 2 is 1.56 bits per heavy atom. The summed E-state index contributed by atoms with van der Waals surface area (Å²) in [4.78, 5) is 36.2. The molecule has 3 rings (SSSR count). The molecule has 3 aromatic rings. The topological polar surface area (TPSA) is 127 Å². The van der Waals surface area contributed by atoms with E-state index in [0.717, 1.165) is 0 Å². The van der Waals surface area contributed by atoms with Crippen molar-refractivity contribution in [2.45, 2.75) is 0 Å². The molecule has 3 amide bonds. The van der Waals surface area contributed by atoms with Crippen LogP contribution in [0.25, 0.3) is 0 Å². The molecule has 0 aromatic heterocycles. The van der Waals surface area contributed by atoms with Crippen LogP contribution in [0, 0.1) is 5.82 Å². The van der Waals surface area contributed by atoms with Crippen molar-refractivity contribution < 1.29 is 33.0 Å². The predicted molar refractivity (Wildman–Crippen MR) is 131 cm³/mol. The van der Waals surface area contributed by atoms with Crippen molar-refractivity contribution in [1.82, 2.24) is 5.43 Å². The van der Waals surface area contributed by atoms with Gasteiger partial charge in [0.1, 0.15) is 23.1 Å². The standard InChI is InChI=1S/C25H23FN4O6/c1-34-20-11-12-22(35-2)21(13-20)29-24(32)25(33)30-27-14-16-3-9-19(10-4-16)36-15-23(31)28-18-7-5-17(26)6-8-18/h3-14H,15H2,1-2H3,(H,28,31)(H,29,32)(H,30,33)/b27-14-. The molecule has 186 valence electrons. The monoisotopic (exact) mass is 494 g/mol. The van der Waals surface area contributed by atoms with Gasteiger partial charge in [0.25, 0.3) is 5.91 Å². The number of nitrogens with zero attached hydrogens (tertiary/aromatic N) is 1. The lowest BCUT2D eigenvalue weighted by Crippen LogP contribution is -2.32. The smallest absolute Gasteiger partial charge is 0.329 e. The molecule has 0 unspecified atom stereocenters. The normalized spacial score (nSPS) is 10.4. The van der Waals surface area contributed by atoms with E-state index in [2.05, 4.69) is 21.2 Å². The van der Waals surface area contributed by atoms with Crippen molar-refractivity contribution >= 4 is 35.3 Å². The minimum absolute atomic E-state index is 0.242. The van der Waals surface area contributed by atoms with Gasteiger partial charge in [-0.3, -0.25) is 14.4 Å². The molecule has 0 atom stereocenters.